The minimum Gasteiger partial charge on any atom is -0.487 e. The van der Waals surface area contributed by atoms with Gasteiger partial charge >= 0.3 is 6.18 Å². The molecule has 20 heavy (non-hydrogen) atoms. The molecule has 0 fully saturated rings. The molecule has 0 bridgehead atoms. The van der Waals surface area contributed by atoms with Crippen molar-refractivity contribution >= 4 is 0 Å². The van der Waals surface area contributed by atoms with E-state index >= 15 is 0 Å². The van der Waals surface area contributed by atoms with Crippen LogP contribution in [0, 0.1) is 0 Å². The number of aliphatic hydroxyl groups excluding tert-OH is 1. The van der Waals surface area contributed by atoms with Crippen LogP contribution < -0.4 is 4.74 Å². The van der Waals surface area contributed by atoms with Crippen molar-refractivity contribution in [3.8, 4) is 5.75 Å². The molecule has 0 unspecified atom stereocenters. The molecule has 4 nitrogen and oxygen atoms in total. The van der Waals surface area contributed by atoms with Crippen LogP contribution in [-0.4, -0.2) is 14.9 Å². The molecule has 7 heteroatoms. The van der Waals surface area contributed by atoms with Gasteiger partial charge in [0, 0.05) is 13.2 Å². The number of halogens is 3. The quantitative estimate of drug-likeness (QED) is 0.939. The molecule has 0 aliphatic rings. The highest BCUT2D eigenvalue weighted by Gasteiger charge is 2.34. The summed E-state index contributed by atoms with van der Waals surface area (Å²) >= 11 is 0. The van der Waals surface area contributed by atoms with Gasteiger partial charge in [0.05, 0.1) is 17.9 Å². The molecule has 2 aromatic rings. The van der Waals surface area contributed by atoms with Gasteiger partial charge in [-0.05, 0) is 23.8 Å². The van der Waals surface area contributed by atoms with Crippen molar-refractivity contribution in [1.82, 2.24) is 9.78 Å². The van der Waals surface area contributed by atoms with Gasteiger partial charge in [0.15, 0.2) is 0 Å². The molecule has 0 atom stereocenters. The third kappa shape index (κ3) is 3.30. The summed E-state index contributed by atoms with van der Waals surface area (Å²) < 4.78 is 45.5. The fourth-order valence-corrected chi connectivity index (χ4v) is 1.71. The van der Waals surface area contributed by atoms with Crippen LogP contribution >= 0.6 is 0 Å². The number of hydrogen-bond acceptors (Lipinski definition) is 3. The summed E-state index contributed by atoms with van der Waals surface area (Å²) in [4.78, 5) is 0. The van der Waals surface area contributed by atoms with E-state index < -0.39 is 18.3 Å². The smallest absolute Gasteiger partial charge is 0.419 e. The third-order valence-electron chi connectivity index (χ3n) is 2.68. The zero-order valence-corrected chi connectivity index (χ0v) is 10.7. The average Bonchev–Trinajstić information content (AvgIpc) is 2.81. The molecule has 0 amide bonds. The van der Waals surface area contributed by atoms with Crippen LogP contribution in [0.5, 0.6) is 5.75 Å². The maximum Gasteiger partial charge on any atom is 0.419 e. The minimum absolute atomic E-state index is 0.0532. The van der Waals surface area contributed by atoms with Crippen LogP contribution in [0.3, 0.4) is 0 Å². The topological polar surface area (TPSA) is 47.3 Å². The summed E-state index contributed by atoms with van der Waals surface area (Å²) in [5.74, 6) is -0.277. The molecule has 1 N–H and O–H groups in total. The maximum atomic E-state index is 12.9. The van der Waals surface area contributed by atoms with Crippen LogP contribution in [0.25, 0.3) is 0 Å². The van der Waals surface area contributed by atoms with E-state index in [4.69, 9.17) is 9.84 Å². The highest BCUT2D eigenvalue weighted by atomic mass is 19.4. The molecular formula is C13H13F3N2O2. The number of ether oxygens (including phenoxy) is 1. The van der Waals surface area contributed by atoms with E-state index in [1.54, 1.807) is 19.3 Å². The van der Waals surface area contributed by atoms with Gasteiger partial charge < -0.3 is 9.84 Å². The lowest BCUT2D eigenvalue weighted by Crippen LogP contribution is -2.10. The first-order valence-corrected chi connectivity index (χ1v) is 5.82. The van der Waals surface area contributed by atoms with Gasteiger partial charge in [-0.25, -0.2) is 0 Å². The standard InChI is InChI=1S/C13H13F3N2O2/c1-18-5-4-10(17-18)8-20-12-3-2-9(7-19)6-11(12)13(14,15)16/h2-6,19H,7-8H2,1H3. The molecule has 108 valence electrons. The predicted octanol–water partition coefficient (Wildman–Crippen LogP) is 2.51. The zero-order valence-electron chi connectivity index (χ0n) is 10.7. The highest BCUT2D eigenvalue weighted by molar-refractivity contribution is 5.39. The van der Waals surface area contributed by atoms with E-state index in [2.05, 4.69) is 5.10 Å². The van der Waals surface area contributed by atoms with Crippen LogP contribution in [0.2, 0.25) is 0 Å². The predicted molar refractivity (Wildman–Crippen MR) is 64.9 cm³/mol. The van der Waals surface area contributed by atoms with Gasteiger partial charge in [-0.15, -0.1) is 0 Å². The Kier molecular flexibility index (Phi) is 3.99. The summed E-state index contributed by atoms with van der Waals surface area (Å²) in [6, 6.07) is 5.14. The number of alkyl halides is 3. The van der Waals surface area contributed by atoms with Crippen molar-refractivity contribution in [3.05, 3.63) is 47.3 Å². The van der Waals surface area contributed by atoms with Crippen LogP contribution in [0.1, 0.15) is 16.8 Å². The summed E-state index contributed by atoms with van der Waals surface area (Å²) in [6.45, 7) is -0.508. The van der Waals surface area contributed by atoms with Gasteiger partial charge in [-0.1, -0.05) is 6.07 Å². The van der Waals surface area contributed by atoms with Crippen molar-refractivity contribution in [1.29, 1.82) is 0 Å². The monoisotopic (exact) mass is 286 g/mol. The van der Waals surface area contributed by atoms with E-state index in [0.717, 1.165) is 6.07 Å². The highest BCUT2D eigenvalue weighted by Crippen LogP contribution is 2.37. The number of rotatable bonds is 4. The van der Waals surface area contributed by atoms with E-state index in [9.17, 15) is 13.2 Å². The Morgan fingerprint density at radius 3 is 2.60 bits per heavy atom. The van der Waals surface area contributed by atoms with Gasteiger partial charge in [-0.2, -0.15) is 18.3 Å². The Morgan fingerprint density at radius 1 is 1.30 bits per heavy atom. The van der Waals surface area contributed by atoms with E-state index in [1.807, 2.05) is 0 Å². The Morgan fingerprint density at radius 2 is 2.05 bits per heavy atom. The van der Waals surface area contributed by atoms with Gasteiger partial charge in [0.2, 0.25) is 0 Å². The summed E-state index contributed by atoms with van der Waals surface area (Å²) in [5, 5.41) is 12.9. The molecule has 0 spiro atoms. The molecule has 0 aliphatic carbocycles. The summed E-state index contributed by atoms with van der Waals surface area (Å²) in [7, 11) is 1.71. The molecular weight excluding hydrogens is 273 g/mol. The van der Waals surface area contributed by atoms with E-state index in [-0.39, 0.29) is 17.9 Å². The molecule has 0 aliphatic heterocycles. The molecule has 0 radical (unpaired) electrons. The molecule has 2 rings (SSSR count). The lowest BCUT2D eigenvalue weighted by molar-refractivity contribution is -0.139. The van der Waals surface area contributed by atoms with Crippen molar-refractivity contribution in [2.24, 2.45) is 7.05 Å². The third-order valence-corrected chi connectivity index (χ3v) is 2.68. The number of hydrogen-bond donors (Lipinski definition) is 1. The van der Waals surface area contributed by atoms with Gasteiger partial charge in [0.1, 0.15) is 12.4 Å². The second kappa shape index (κ2) is 5.54. The largest absolute Gasteiger partial charge is 0.487 e. The Hall–Kier alpha value is -2.02. The Bertz CT molecular complexity index is 594. The first-order valence-electron chi connectivity index (χ1n) is 5.82. The fourth-order valence-electron chi connectivity index (χ4n) is 1.71. The van der Waals surface area contributed by atoms with E-state index in [0.29, 0.717) is 5.69 Å². The zero-order chi connectivity index (χ0) is 14.8. The van der Waals surface area contributed by atoms with Gasteiger partial charge in [0.25, 0.3) is 0 Å². The lowest BCUT2D eigenvalue weighted by Gasteiger charge is -2.14. The van der Waals surface area contributed by atoms with Crippen molar-refractivity contribution < 1.29 is 23.0 Å². The van der Waals surface area contributed by atoms with Crippen LogP contribution in [0.15, 0.2) is 30.5 Å². The summed E-state index contributed by atoms with van der Waals surface area (Å²) in [5.41, 5.74) is -0.186. The molecule has 1 aromatic carbocycles. The number of benzene rings is 1. The maximum absolute atomic E-state index is 12.9. The normalized spacial score (nSPS) is 11.7. The number of aromatic nitrogens is 2. The lowest BCUT2D eigenvalue weighted by atomic mass is 10.1. The fraction of sp³-hybridized carbons (Fsp3) is 0.308. The van der Waals surface area contributed by atoms with E-state index in [1.165, 1.54) is 16.8 Å². The van der Waals surface area contributed by atoms with Crippen LogP contribution in [0.4, 0.5) is 13.2 Å². The second-order valence-corrected chi connectivity index (χ2v) is 4.26. The SMILES string of the molecule is Cn1ccc(COc2ccc(CO)cc2C(F)(F)F)n1. The molecule has 1 aromatic heterocycles. The minimum atomic E-state index is -4.54. The first kappa shape index (κ1) is 14.4. The first-order chi connectivity index (χ1) is 9.40. The van der Waals surface area contributed by atoms with Crippen LogP contribution in [-0.2, 0) is 26.4 Å². The Balaban J connectivity index is 2.22. The Labute approximate surface area is 113 Å². The van der Waals surface area contributed by atoms with Crippen molar-refractivity contribution in [3.63, 3.8) is 0 Å². The van der Waals surface area contributed by atoms with Gasteiger partial charge in [-0.3, -0.25) is 4.68 Å². The average molecular weight is 286 g/mol. The molecule has 1 heterocycles. The molecule has 0 saturated heterocycles. The molecule has 0 saturated carbocycles. The van der Waals surface area contributed by atoms with Crippen molar-refractivity contribution in [2.45, 2.75) is 19.4 Å². The number of aryl methyl sites for hydroxylation is 1. The summed E-state index contributed by atoms with van der Waals surface area (Å²) in [6.07, 6.45) is -2.86. The number of nitrogens with zero attached hydrogens (tertiary/aromatic N) is 2. The van der Waals surface area contributed by atoms with Crippen molar-refractivity contribution in [2.75, 3.05) is 0 Å². The number of aliphatic hydroxyl groups is 1. The second-order valence-electron chi connectivity index (χ2n) is 4.26.